The van der Waals surface area contributed by atoms with Crippen molar-refractivity contribution in [2.75, 3.05) is 12.0 Å². The van der Waals surface area contributed by atoms with E-state index in [9.17, 15) is 4.79 Å². The lowest BCUT2D eigenvalue weighted by Crippen LogP contribution is -2.33. The van der Waals surface area contributed by atoms with Gasteiger partial charge in [-0.1, -0.05) is 17.4 Å². The maximum Gasteiger partial charge on any atom is 0.250 e. The third-order valence-electron chi connectivity index (χ3n) is 3.94. The van der Waals surface area contributed by atoms with Crippen molar-refractivity contribution in [2.45, 2.75) is 13.1 Å². The summed E-state index contributed by atoms with van der Waals surface area (Å²) in [5.74, 6) is 0.600. The number of aromatic nitrogens is 5. The number of thiazole rings is 1. The minimum Gasteiger partial charge on any atom is -0.497 e. The second-order valence-corrected chi connectivity index (χ2v) is 6.77. The molecule has 0 atom stereocenters. The Labute approximate surface area is 159 Å². The molecule has 136 valence electrons. The van der Waals surface area contributed by atoms with E-state index in [0.717, 1.165) is 21.5 Å². The predicted octanol–water partition coefficient (Wildman–Crippen LogP) is 2.52. The molecule has 8 nitrogen and oxygen atoms in total. The number of anilines is 1. The van der Waals surface area contributed by atoms with E-state index >= 15 is 0 Å². The summed E-state index contributed by atoms with van der Waals surface area (Å²) in [5.41, 5.74) is 1.71. The van der Waals surface area contributed by atoms with E-state index in [4.69, 9.17) is 4.74 Å². The van der Waals surface area contributed by atoms with Crippen molar-refractivity contribution >= 4 is 32.6 Å². The Balaban J connectivity index is 1.69. The van der Waals surface area contributed by atoms with Crippen molar-refractivity contribution in [3.05, 3.63) is 60.9 Å². The number of carbonyl (C=O) groups excluding carboxylic acids is 1. The normalized spacial score (nSPS) is 10.9. The largest absolute Gasteiger partial charge is 0.497 e. The van der Waals surface area contributed by atoms with Crippen LogP contribution in [0, 0.1) is 0 Å². The fourth-order valence-corrected chi connectivity index (χ4v) is 3.57. The van der Waals surface area contributed by atoms with Gasteiger partial charge in [0.1, 0.15) is 24.9 Å². The molecule has 1 aromatic carbocycles. The molecule has 0 bridgehead atoms. The number of hydrogen-bond donors (Lipinski definition) is 0. The Morgan fingerprint density at radius 2 is 2.22 bits per heavy atom. The Morgan fingerprint density at radius 1 is 1.30 bits per heavy atom. The second kappa shape index (κ2) is 7.50. The van der Waals surface area contributed by atoms with Crippen LogP contribution < -0.4 is 9.64 Å². The molecule has 1 amide bonds. The number of pyridine rings is 1. The minimum atomic E-state index is -0.129. The van der Waals surface area contributed by atoms with E-state index < -0.39 is 0 Å². The Bertz CT molecular complexity index is 1050. The highest BCUT2D eigenvalue weighted by molar-refractivity contribution is 7.22. The summed E-state index contributed by atoms with van der Waals surface area (Å²) < 4.78 is 7.74. The molecule has 0 saturated heterocycles. The highest BCUT2D eigenvalue weighted by Crippen LogP contribution is 2.32. The molecule has 27 heavy (non-hydrogen) atoms. The third kappa shape index (κ3) is 3.77. The Kier molecular flexibility index (Phi) is 4.75. The van der Waals surface area contributed by atoms with Crippen LogP contribution in [0.25, 0.3) is 10.2 Å². The van der Waals surface area contributed by atoms with Gasteiger partial charge in [0.15, 0.2) is 5.13 Å². The van der Waals surface area contributed by atoms with Gasteiger partial charge in [0.25, 0.3) is 5.91 Å². The van der Waals surface area contributed by atoms with Gasteiger partial charge in [0.2, 0.25) is 0 Å². The maximum atomic E-state index is 13.0. The van der Waals surface area contributed by atoms with Gasteiger partial charge < -0.3 is 4.74 Å². The molecule has 3 aromatic heterocycles. The van der Waals surface area contributed by atoms with Crippen LogP contribution in [0.1, 0.15) is 5.56 Å². The lowest BCUT2D eigenvalue weighted by atomic mass is 10.2. The molecule has 0 unspecified atom stereocenters. The van der Waals surface area contributed by atoms with Gasteiger partial charge in [-0.15, -0.1) is 0 Å². The second-order valence-electron chi connectivity index (χ2n) is 5.76. The Hall–Kier alpha value is -3.33. The first-order chi connectivity index (χ1) is 13.2. The molecule has 0 spiro atoms. The van der Waals surface area contributed by atoms with E-state index in [1.54, 1.807) is 24.4 Å². The zero-order valence-electron chi connectivity index (χ0n) is 14.5. The molecule has 3 heterocycles. The number of nitrogens with zero attached hydrogens (tertiary/aromatic N) is 6. The highest BCUT2D eigenvalue weighted by Gasteiger charge is 2.21. The molecule has 0 radical (unpaired) electrons. The number of carbonyl (C=O) groups is 1. The van der Waals surface area contributed by atoms with E-state index in [0.29, 0.717) is 11.7 Å². The molecule has 0 fully saturated rings. The summed E-state index contributed by atoms with van der Waals surface area (Å²) in [6.07, 6.45) is 6.37. The van der Waals surface area contributed by atoms with Crippen LogP contribution in [-0.2, 0) is 17.9 Å². The van der Waals surface area contributed by atoms with Crippen molar-refractivity contribution in [3.63, 3.8) is 0 Å². The quantitative estimate of drug-likeness (QED) is 0.511. The predicted molar refractivity (Wildman–Crippen MR) is 102 cm³/mol. The molecule has 0 aliphatic carbocycles. The van der Waals surface area contributed by atoms with Gasteiger partial charge in [-0.2, -0.15) is 5.10 Å². The molecule has 0 aliphatic rings. The fraction of sp³-hybridized carbons (Fsp3) is 0.167. The van der Waals surface area contributed by atoms with Crippen LogP contribution in [0.15, 0.2) is 55.4 Å². The number of ether oxygens (including phenoxy) is 1. The average molecular weight is 380 g/mol. The smallest absolute Gasteiger partial charge is 0.250 e. The molecule has 0 aliphatic heterocycles. The van der Waals surface area contributed by atoms with Gasteiger partial charge in [-0.25, -0.2) is 14.6 Å². The first-order valence-electron chi connectivity index (χ1n) is 8.19. The standard InChI is InChI=1S/C18H16N6O2S/c1-26-14-4-5-16-15(7-14)22-18(27-16)24(9-13-3-2-6-19-8-13)17(25)10-23-12-20-11-21-23/h2-8,11-12H,9-10H2,1H3. The first-order valence-corrected chi connectivity index (χ1v) is 9.01. The topological polar surface area (TPSA) is 86.0 Å². The molecular formula is C18H16N6O2S. The van der Waals surface area contributed by atoms with E-state index in [1.807, 2.05) is 30.3 Å². The van der Waals surface area contributed by atoms with Crippen molar-refractivity contribution in [2.24, 2.45) is 0 Å². The molecule has 0 N–H and O–H groups in total. The van der Waals surface area contributed by atoms with E-state index in [2.05, 4.69) is 20.1 Å². The number of methoxy groups -OCH3 is 1. The number of amides is 1. The summed E-state index contributed by atoms with van der Waals surface area (Å²) in [4.78, 5) is 27.3. The summed E-state index contributed by atoms with van der Waals surface area (Å²) in [5, 5.41) is 4.63. The van der Waals surface area contributed by atoms with Crippen LogP contribution in [0.5, 0.6) is 5.75 Å². The molecule has 0 saturated carbocycles. The lowest BCUT2D eigenvalue weighted by molar-refractivity contribution is -0.119. The first kappa shape index (κ1) is 17.1. The van der Waals surface area contributed by atoms with Crippen molar-refractivity contribution in [3.8, 4) is 5.75 Å². The fourth-order valence-electron chi connectivity index (χ4n) is 2.61. The number of hydrogen-bond acceptors (Lipinski definition) is 7. The van der Waals surface area contributed by atoms with E-state index in [1.165, 1.54) is 28.7 Å². The van der Waals surface area contributed by atoms with Gasteiger partial charge in [0.05, 0.1) is 23.9 Å². The summed E-state index contributed by atoms with van der Waals surface area (Å²) in [6.45, 7) is 0.456. The highest BCUT2D eigenvalue weighted by atomic mass is 32.1. The average Bonchev–Trinajstić information content (AvgIpc) is 3.35. The molecule has 4 rings (SSSR count). The SMILES string of the molecule is COc1ccc2sc(N(Cc3cccnc3)C(=O)Cn3cncn3)nc2c1. The molecule has 4 aromatic rings. The maximum absolute atomic E-state index is 13.0. The van der Waals surface area contributed by atoms with Crippen molar-refractivity contribution < 1.29 is 9.53 Å². The zero-order chi connectivity index (χ0) is 18.6. The van der Waals surface area contributed by atoms with Crippen LogP contribution in [-0.4, -0.2) is 37.7 Å². The van der Waals surface area contributed by atoms with Gasteiger partial charge in [-0.3, -0.25) is 14.7 Å². The zero-order valence-corrected chi connectivity index (χ0v) is 15.3. The Morgan fingerprint density at radius 3 is 2.96 bits per heavy atom. The minimum absolute atomic E-state index is 0.0828. The van der Waals surface area contributed by atoms with Crippen molar-refractivity contribution in [1.29, 1.82) is 0 Å². The third-order valence-corrected chi connectivity index (χ3v) is 5.00. The lowest BCUT2D eigenvalue weighted by Gasteiger charge is -2.19. The van der Waals surface area contributed by atoms with Crippen LogP contribution in [0.4, 0.5) is 5.13 Å². The van der Waals surface area contributed by atoms with E-state index in [-0.39, 0.29) is 12.5 Å². The van der Waals surface area contributed by atoms with Gasteiger partial charge in [-0.05, 0) is 23.8 Å². The van der Waals surface area contributed by atoms with Crippen LogP contribution in [0.2, 0.25) is 0 Å². The van der Waals surface area contributed by atoms with Crippen molar-refractivity contribution in [1.82, 2.24) is 24.7 Å². The number of benzene rings is 1. The number of rotatable bonds is 6. The van der Waals surface area contributed by atoms with Crippen LogP contribution >= 0.6 is 11.3 Å². The molecule has 9 heteroatoms. The van der Waals surface area contributed by atoms with Gasteiger partial charge >= 0.3 is 0 Å². The molecular weight excluding hydrogens is 364 g/mol. The monoisotopic (exact) mass is 380 g/mol. The summed E-state index contributed by atoms with van der Waals surface area (Å²) in [6, 6.07) is 9.46. The summed E-state index contributed by atoms with van der Waals surface area (Å²) in [7, 11) is 1.62. The van der Waals surface area contributed by atoms with Crippen LogP contribution in [0.3, 0.4) is 0 Å². The number of fused-ring (bicyclic) bond motifs is 1. The van der Waals surface area contributed by atoms with Gasteiger partial charge in [0, 0.05) is 18.5 Å². The summed E-state index contributed by atoms with van der Waals surface area (Å²) >= 11 is 1.46.